The number of nitrogens with zero attached hydrogens (tertiary/aromatic N) is 2. The third-order valence-corrected chi connectivity index (χ3v) is 6.10. The molecule has 0 aromatic heterocycles. The van der Waals surface area contributed by atoms with Crippen LogP contribution in [0.25, 0.3) is 0 Å². The summed E-state index contributed by atoms with van der Waals surface area (Å²) in [5.74, 6) is -1.68. The molecule has 0 saturated carbocycles. The largest absolute Gasteiger partial charge is 0.445 e. The quantitative estimate of drug-likeness (QED) is 0.812. The summed E-state index contributed by atoms with van der Waals surface area (Å²) in [4.78, 5) is 14.4. The number of ether oxygens (including phenoxy) is 1. The minimum atomic E-state index is -1.61. The van der Waals surface area contributed by atoms with Crippen molar-refractivity contribution >= 4 is 6.09 Å². The Morgan fingerprint density at radius 1 is 1.17 bits per heavy atom. The molecule has 156 valence electrons. The summed E-state index contributed by atoms with van der Waals surface area (Å²) >= 11 is 0. The summed E-state index contributed by atoms with van der Waals surface area (Å²) in [6.07, 6.45) is 1.91. The molecule has 0 spiro atoms. The van der Waals surface area contributed by atoms with Crippen molar-refractivity contribution in [2.75, 3.05) is 0 Å². The van der Waals surface area contributed by atoms with Crippen molar-refractivity contribution in [2.24, 2.45) is 0 Å². The van der Waals surface area contributed by atoms with E-state index in [0.29, 0.717) is 12.8 Å². The average Bonchev–Trinajstić information content (AvgIpc) is 2.73. The van der Waals surface area contributed by atoms with Gasteiger partial charge >= 0.3 is 6.09 Å². The number of nitriles is 1. The van der Waals surface area contributed by atoms with Gasteiger partial charge in [0.1, 0.15) is 24.3 Å². The Kier molecular flexibility index (Phi) is 5.44. The van der Waals surface area contributed by atoms with Crippen LogP contribution in [-0.4, -0.2) is 28.2 Å². The standard InChI is InChI=1S/C23H22F2N2O3/c24-20-10-19(21(25)9-16(20)13-26)23(29)11-17-7-4-8-18(12-23)27(17)22(28)30-14-15-5-2-1-3-6-15/h1-3,5-6,9-10,17-18,29H,4,7-8,11-12,14H2. The van der Waals surface area contributed by atoms with Crippen molar-refractivity contribution in [3.05, 3.63) is 70.8 Å². The lowest BCUT2D eigenvalue weighted by atomic mass is 9.72. The number of aliphatic hydroxyl groups is 1. The lowest BCUT2D eigenvalue weighted by Gasteiger charge is -2.51. The summed E-state index contributed by atoms with van der Waals surface area (Å²) < 4.78 is 34.2. The van der Waals surface area contributed by atoms with Crippen LogP contribution < -0.4 is 0 Å². The molecule has 2 aromatic carbocycles. The van der Waals surface area contributed by atoms with Crippen molar-refractivity contribution < 1.29 is 23.4 Å². The first-order valence-corrected chi connectivity index (χ1v) is 10.0. The van der Waals surface area contributed by atoms with Gasteiger partial charge in [-0.1, -0.05) is 30.3 Å². The number of piperidine rings is 2. The highest BCUT2D eigenvalue weighted by Crippen LogP contribution is 2.45. The van der Waals surface area contributed by atoms with Gasteiger partial charge in [-0.2, -0.15) is 5.26 Å². The first kappa shape index (κ1) is 20.3. The monoisotopic (exact) mass is 412 g/mol. The van der Waals surface area contributed by atoms with E-state index in [0.717, 1.165) is 24.1 Å². The maximum atomic E-state index is 14.6. The van der Waals surface area contributed by atoms with Crippen LogP contribution in [0.15, 0.2) is 42.5 Å². The second-order valence-electron chi connectivity index (χ2n) is 8.05. The Labute approximate surface area is 173 Å². The molecule has 0 radical (unpaired) electrons. The lowest BCUT2D eigenvalue weighted by molar-refractivity contribution is -0.0913. The molecule has 1 amide bonds. The van der Waals surface area contributed by atoms with E-state index in [1.165, 1.54) is 0 Å². The topological polar surface area (TPSA) is 73.6 Å². The molecule has 2 fully saturated rings. The SMILES string of the molecule is N#Cc1cc(F)c(C2(O)CC3CCCC(C2)N3C(=O)OCc2ccccc2)cc1F. The highest BCUT2D eigenvalue weighted by Gasteiger charge is 2.49. The lowest BCUT2D eigenvalue weighted by Crippen LogP contribution is -2.59. The van der Waals surface area contributed by atoms with Gasteiger partial charge in [-0.25, -0.2) is 13.6 Å². The predicted octanol–water partition coefficient (Wildman–Crippen LogP) is 4.38. The zero-order chi connectivity index (χ0) is 21.3. The van der Waals surface area contributed by atoms with E-state index in [4.69, 9.17) is 10.00 Å². The summed E-state index contributed by atoms with van der Waals surface area (Å²) in [6.45, 7) is 0.148. The van der Waals surface area contributed by atoms with Gasteiger partial charge in [0.05, 0.1) is 11.2 Å². The molecule has 7 heteroatoms. The van der Waals surface area contributed by atoms with Gasteiger partial charge in [0.2, 0.25) is 0 Å². The second kappa shape index (κ2) is 8.04. The van der Waals surface area contributed by atoms with Crippen LogP contribution in [0.5, 0.6) is 0 Å². The molecule has 2 aliphatic heterocycles. The first-order chi connectivity index (χ1) is 14.4. The van der Waals surface area contributed by atoms with Gasteiger partial charge in [-0.05, 0) is 37.0 Å². The number of carbonyl (C=O) groups is 1. The average molecular weight is 412 g/mol. The van der Waals surface area contributed by atoms with Crippen LogP contribution in [0, 0.1) is 23.0 Å². The van der Waals surface area contributed by atoms with Gasteiger partial charge < -0.3 is 14.7 Å². The third kappa shape index (κ3) is 3.75. The molecule has 2 atom stereocenters. The summed E-state index contributed by atoms with van der Waals surface area (Å²) in [5, 5.41) is 20.1. The number of hydrogen-bond acceptors (Lipinski definition) is 4. The number of fused-ring (bicyclic) bond motifs is 2. The Bertz CT molecular complexity index is 976. The Hall–Kier alpha value is -2.98. The van der Waals surface area contributed by atoms with E-state index >= 15 is 0 Å². The molecular weight excluding hydrogens is 390 g/mol. The number of rotatable bonds is 3. The summed E-state index contributed by atoms with van der Waals surface area (Å²) in [7, 11) is 0. The van der Waals surface area contributed by atoms with Crippen molar-refractivity contribution in [1.29, 1.82) is 5.26 Å². The third-order valence-electron chi connectivity index (χ3n) is 6.10. The van der Waals surface area contributed by atoms with Crippen LogP contribution in [0.4, 0.5) is 13.6 Å². The molecule has 4 rings (SSSR count). The zero-order valence-electron chi connectivity index (χ0n) is 16.4. The highest BCUT2D eigenvalue weighted by atomic mass is 19.1. The van der Waals surface area contributed by atoms with Crippen LogP contribution in [-0.2, 0) is 16.9 Å². The number of carbonyl (C=O) groups excluding carboxylic acids is 1. The van der Waals surface area contributed by atoms with Crippen LogP contribution in [0.3, 0.4) is 0 Å². The van der Waals surface area contributed by atoms with Crippen molar-refractivity contribution in [1.82, 2.24) is 4.90 Å². The van der Waals surface area contributed by atoms with Crippen molar-refractivity contribution in [2.45, 2.75) is 56.4 Å². The van der Waals surface area contributed by atoms with E-state index in [1.807, 2.05) is 30.3 Å². The van der Waals surface area contributed by atoms with E-state index in [9.17, 15) is 18.7 Å². The predicted molar refractivity (Wildman–Crippen MR) is 104 cm³/mol. The fourth-order valence-corrected chi connectivity index (χ4v) is 4.73. The molecule has 2 aliphatic rings. The Morgan fingerprint density at radius 2 is 1.83 bits per heavy atom. The molecule has 2 unspecified atom stereocenters. The highest BCUT2D eigenvalue weighted by molar-refractivity contribution is 5.69. The Morgan fingerprint density at radius 3 is 2.47 bits per heavy atom. The molecule has 30 heavy (non-hydrogen) atoms. The molecule has 2 heterocycles. The van der Waals surface area contributed by atoms with E-state index < -0.39 is 28.9 Å². The van der Waals surface area contributed by atoms with Gasteiger partial charge in [-0.15, -0.1) is 0 Å². The minimum Gasteiger partial charge on any atom is -0.445 e. The molecule has 1 N–H and O–H groups in total. The first-order valence-electron chi connectivity index (χ1n) is 10.0. The van der Waals surface area contributed by atoms with Gasteiger partial charge in [0.25, 0.3) is 0 Å². The fourth-order valence-electron chi connectivity index (χ4n) is 4.73. The number of halogens is 2. The van der Waals surface area contributed by atoms with Gasteiger partial charge in [0, 0.05) is 30.5 Å². The van der Waals surface area contributed by atoms with Gasteiger partial charge in [-0.3, -0.25) is 0 Å². The smallest absolute Gasteiger partial charge is 0.410 e. The molecular formula is C23H22F2N2O3. The number of hydrogen-bond donors (Lipinski definition) is 1. The maximum absolute atomic E-state index is 14.6. The molecule has 5 nitrogen and oxygen atoms in total. The van der Waals surface area contributed by atoms with E-state index in [1.54, 1.807) is 11.0 Å². The molecule has 2 bridgehead atoms. The van der Waals surface area contributed by atoms with E-state index in [-0.39, 0.29) is 37.1 Å². The van der Waals surface area contributed by atoms with Crippen molar-refractivity contribution in [3.8, 4) is 6.07 Å². The molecule has 2 saturated heterocycles. The molecule has 2 aromatic rings. The number of benzene rings is 2. The number of amides is 1. The summed E-state index contributed by atoms with van der Waals surface area (Å²) in [5.41, 5.74) is -1.29. The Balaban J connectivity index is 1.54. The van der Waals surface area contributed by atoms with Crippen LogP contribution >= 0.6 is 0 Å². The van der Waals surface area contributed by atoms with Crippen molar-refractivity contribution in [3.63, 3.8) is 0 Å². The maximum Gasteiger partial charge on any atom is 0.410 e. The fraction of sp³-hybridized carbons (Fsp3) is 0.391. The second-order valence-corrected chi connectivity index (χ2v) is 8.05. The zero-order valence-corrected chi connectivity index (χ0v) is 16.4. The minimum absolute atomic E-state index is 0.0895. The van der Waals surface area contributed by atoms with Crippen LogP contribution in [0.2, 0.25) is 0 Å². The normalized spacial score (nSPS) is 25.5. The molecule has 0 aliphatic carbocycles. The van der Waals surface area contributed by atoms with Crippen LogP contribution in [0.1, 0.15) is 48.8 Å². The van der Waals surface area contributed by atoms with Gasteiger partial charge in [0.15, 0.2) is 0 Å². The van der Waals surface area contributed by atoms with E-state index in [2.05, 4.69) is 0 Å². The summed E-state index contributed by atoms with van der Waals surface area (Å²) in [6, 6.07) is 12.0.